The molecule has 8 nitrogen and oxygen atoms in total. The summed E-state index contributed by atoms with van der Waals surface area (Å²) in [5, 5.41) is 16.1. The van der Waals surface area contributed by atoms with Crippen LogP contribution in [0.5, 0.6) is 0 Å². The van der Waals surface area contributed by atoms with E-state index in [1.807, 2.05) is 36.4 Å². The van der Waals surface area contributed by atoms with Crippen LogP contribution in [0.2, 0.25) is 0 Å². The lowest BCUT2D eigenvalue weighted by molar-refractivity contribution is -0.127. The van der Waals surface area contributed by atoms with E-state index in [1.165, 1.54) is 4.90 Å². The van der Waals surface area contributed by atoms with Crippen LogP contribution in [0.3, 0.4) is 0 Å². The van der Waals surface area contributed by atoms with Gasteiger partial charge in [0.2, 0.25) is 11.8 Å². The van der Waals surface area contributed by atoms with Crippen molar-refractivity contribution in [3.8, 4) is 0 Å². The van der Waals surface area contributed by atoms with Gasteiger partial charge in [0.05, 0.1) is 12.1 Å². The molecule has 188 valence electrons. The van der Waals surface area contributed by atoms with Crippen LogP contribution in [-0.2, 0) is 21.5 Å². The topological polar surface area (TPSA) is 107 Å². The van der Waals surface area contributed by atoms with E-state index in [-0.39, 0.29) is 30.2 Å². The van der Waals surface area contributed by atoms with Crippen molar-refractivity contribution in [2.45, 2.75) is 57.3 Å². The van der Waals surface area contributed by atoms with Gasteiger partial charge in [0.1, 0.15) is 6.04 Å². The minimum Gasteiger partial charge on any atom is -0.392 e. The maximum atomic E-state index is 13.9. The Labute approximate surface area is 211 Å². The Morgan fingerprint density at radius 3 is 2.33 bits per heavy atom. The van der Waals surface area contributed by atoms with Crippen LogP contribution < -0.4 is 15.5 Å². The van der Waals surface area contributed by atoms with Crippen LogP contribution in [0.1, 0.15) is 49.9 Å². The summed E-state index contributed by atoms with van der Waals surface area (Å²) in [6.07, 6.45) is 6.28. The molecule has 1 unspecified atom stereocenters. The van der Waals surface area contributed by atoms with Crippen LogP contribution in [0.25, 0.3) is 0 Å². The number of nitrogens with one attached hydrogen (secondary N) is 2. The maximum Gasteiger partial charge on any atom is 0.248 e. The minimum atomic E-state index is -0.956. The van der Waals surface area contributed by atoms with Crippen molar-refractivity contribution in [1.82, 2.24) is 20.6 Å². The summed E-state index contributed by atoms with van der Waals surface area (Å²) >= 11 is 0. The molecule has 0 saturated carbocycles. The van der Waals surface area contributed by atoms with E-state index in [2.05, 4.69) is 41.4 Å². The van der Waals surface area contributed by atoms with E-state index in [4.69, 9.17) is 0 Å². The lowest BCUT2D eigenvalue weighted by atomic mass is 9.87. The molecule has 1 aliphatic heterocycles. The summed E-state index contributed by atoms with van der Waals surface area (Å²) in [4.78, 5) is 37.5. The molecular formula is C28H33N5O3. The number of amides is 2. The molecular weight excluding hydrogens is 454 g/mol. The third kappa shape index (κ3) is 5.95. The Balaban J connectivity index is 1.73. The largest absolute Gasteiger partial charge is 0.392 e. The average Bonchev–Trinajstić information content (AvgIpc) is 3.32. The molecule has 8 heteroatoms. The fourth-order valence-electron chi connectivity index (χ4n) is 4.34. The molecule has 0 radical (unpaired) electrons. The second-order valence-corrected chi connectivity index (χ2v) is 10.1. The van der Waals surface area contributed by atoms with Crippen molar-refractivity contribution in [3.05, 3.63) is 90.0 Å². The smallest absolute Gasteiger partial charge is 0.248 e. The van der Waals surface area contributed by atoms with Crippen molar-refractivity contribution < 1.29 is 14.7 Å². The van der Waals surface area contributed by atoms with Gasteiger partial charge in [-0.25, -0.2) is 0 Å². The zero-order valence-corrected chi connectivity index (χ0v) is 20.9. The quantitative estimate of drug-likeness (QED) is 0.473. The Kier molecular flexibility index (Phi) is 7.76. The lowest BCUT2D eigenvalue weighted by Crippen LogP contribution is -2.50. The molecule has 1 aromatic carbocycles. The van der Waals surface area contributed by atoms with Gasteiger partial charge in [-0.2, -0.15) is 0 Å². The van der Waals surface area contributed by atoms with E-state index in [0.717, 1.165) is 11.1 Å². The standard InChI is InChI=1S/C28H33N5O3/c1-28(2,3)21-8-10-22(11-9-21)33(27(36)24-14-23(34)18-31-24)25(20-7-5-13-30-17-20)26(35)32-16-19-6-4-12-29-15-19/h4-13,15,17,23-25,31,34H,14,16,18H2,1-3H3,(H,32,35)/t23-,24-,25?/m1/s1. The number of carbonyl (C=O) groups is 2. The van der Waals surface area contributed by atoms with E-state index in [1.54, 1.807) is 36.9 Å². The first kappa shape index (κ1) is 25.5. The van der Waals surface area contributed by atoms with E-state index >= 15 is 0 Å². The first-order chi connectivity index (χ1) is 17.2. The molecule has 36 heavy (non-hydrogen) atoms. The molecule has 3 N–H and O–H groups in total. The van der Waals surface area contributed by atoms with Gasteiger partial charge >= 0.3 is 0 Å². The highest BCUT2D eigenvalue weighted by atomic mass is 16.3. The summed E-state index contributed by atoms with van der Waals surface area (Å²) in [5.74, 6) is -0.612. The van der Waals surface area contributed by atoms with Gasteiger partial charge in [0.25, 0.3) is 0 Å². The van der Waals surface area contributed by atoms with Crippen LogP contribution in [0.4, 0.5) is 5.69 Å². The Bertz CT molecular complexity index is 1160. The fourth-order valence-corrected chi connectivity index (χ4v) is 4.34. The van der Waals surface area contributed by atoms with Gasteiger partial charge in [0, 0.05) is 49.1 Å². The number of nitrogens with zero attached hydrogens (tertiary/aromatic N) is 3. The highest BCUT2D eigenvalue weighted by Crippen LogP contribution is 2.32. The summed E-state index contributed by atoms with van der Waals surface area (Å²) < 4.78 is 0. The predicted molar refractivity (Wildman–Crippen MR) is 138 cm³/mol. The number of aromatic nitrogens is 2. The van der Waals surface area contributed by atoms with Gasteiger partial charge < -0.3 is 15.7 Å². The lowest BCUT2D eigenvalue weighted by Gasteiger charge is -2.33. The number of benzene rings is 1. The molecule has 3 heterocycles. The number of rotatable bonds is 7. The van der Waals surface area contributed by atoms with E-state index in [0.29, 0.717) is 17.8 Å². The van der Waals surface area contributed by atoms with Crippen molar-refractivity contribution in [2.24, 2.45) is 0 Å². The Hall–Kier alpha value is -3.62. The highest BCUT2D eigenvalue weighted by Gasteiger charge is 2.39. The monoisotopic (exact) mass is 487 g/mol. The first-order valence-corrected chi connectivity index (χ1v) is 12.2. The van der Waals surface area contributed by atoms with Crippen LogP contribution in [0, 0.1) is 0 Å². The number of hydrogen-bond acceptors (Lipinski definition) is 6. The molecule has 2 amide bonds. The molecule has 2 aromatic heterocycles. The SMILES string of the molecule is CC(C)(C)c1ccc(N(C(=O)[C@H]2C[C@@H](O)CN2)C(C(=O)NCc2cccnc2)c2cccnc2)cc1. The molecule has 4 rings (SSSR count). The number of hydrogen-bond donors (Lipinski definition) is 3. The number of aliphatic hydroxyl groups excluding tert-OH is 1. The van der Waals surface area contributed by atoms with E-state index in [9.17, 15) is 14.7 Å². The Morgan fingerprint density at radius 2 is 1.78 bits per heavy atom. The number of anilines is 1. The summed E-state index contributed by atoms with van der Waals surface area (Å²) in [6.45, 7) is 6.98. The van der Waals surface area contributed by atoms with Gasteiger partial charge in [-0.05, 0) is 47.2 Å². The van der Waals surface area contributed by atoms with E-state index < -0.39 is 18.2 Å². The van der Waals surface area contributed by atoms with Crippen molar-refractivity contribution in [2.75, 3.05) is 11.4 Å². The van der Waals surface area contributed by atoms with Gasteiger partial charge in [-0.3, -0.25) is 24.5 Å². The normalized spacial score (nSPS) is 18.4. The zero-order valence-electron chi connectivity index (χ0n) is 20.9. The van der Waals surface area contributed by atoms with Crippen molar-refractivity contribution >= 4 is 17.5 Å². The first-order valence-electron chi connectivity index (χ1n) is 12.2. The third-order valence-corrected chi connectivity index (χ3v) is 6.35. The van der Waals surface area contributed by atoms with Gasteiger partial charge in [-0.15, -0.1) is 0 Å². The highest BCUT2D eigenvalue weighted by molar-refractivity contribution is 6.03. The molecule has 1 aliphatic rings. The molecule has 3 aromatic rings. The molecule has 1 saturated heterocycles. The third-order valence-electron chi connectivity index (χ3n) is 6.35. The number of pyridine rings is 2. The summed E-state index contributed by atoms with van der Waals surface area (Å²) in [7, 11) is 0. The van der Waals surface area contributed by atoms with Crippen LogP contribution in [-0.4, -0.2) is 45.6 Å². The van der Waals surface area contributed by atoms with Crippen LogP contribution >= 0.6 is 0 Å². The molecule has 0 bridgehead atoms. The maximum absolute atomic E-state index is 13.9. The average molecular weight is 488 g/mol. The van der Waals surface area contributed by atoms with Crippen LogP contribution in [0.15, 0.2) is 73.3 Å². The molecule has 0 spiro atoms. The zero-order chi connectivity index (χ0) is 25.7. The molecule has 1 fully saturated rings. The fraction of sp³-hybridized carbons (Fsp3) is 0.357. The number of carbonyl (C=O) groups excluding carboxylic acids is 2. The Morgan fingerprint density at radius 1 is 1.08 bits per heavy atom. The van der Waals surface area contributed by atoms with Gasteiger partial charge in [0.15, 0.2) is 0 Å². The molecule has 3 atom stereocenters. The number of β-amino-alcohol motifs (C(OH)–C–C–N with tert-alkyl or cyclic N) is 1. The minimum absolute atomic E-state index is 0.0612. The van der Waals surface area contributed by atoms with Gasteiger partial charge in [-0.1, -0.05) is 45.0 Å². The number of aliphatic hydroxyl groups is 1. The van der Waals surface area contributed by atoms with Crippen molar-refractivity contribution in [3.63, 3.8) is 0 Å². The second kappa shape index (κ2) is 11.0. The summed E-state index contributed by atoms with van der Waals surface area (Å²) in [6, 6.07) is 13.4. The second-order valence-electron chi connectivity index (χ2n) is 10.1. The van der Waals surface area contributed by atoms with Crippen molar-refractivity contribution in [1.29, 1.82) is 0 Å². The predicted octanol–water partition coefficient (Wildman–Crippen LogP) is 2.89. The summed E-state index contributed by atoms with van der Waals surface area (Å²) in [5.41, 5.74) is 3.10. The molecule has 0 aliphatic carbocycles.